The van der Waals surface area contributed by atoms with E-state index in [4.69, 9.17) is 10.5 Å². The summed E-state index contributed by atoms with van der Waals surface area (Å²) in [7, 11) is 1.77. The van der Waals surface area contributed by atoms with Crippen LogP contribution in [0.2, 0.25) is 0 Å². The van der Waals surface area contributed by atoms with Crippen molar-refractivity contribution in [2.75, 3.05) is 13.7 Å². The summed E-state index contributed by atoms with van der Waals surface area (Å²) >= 11 is 0. The number of aryl methyl sites for hydroxylation is 1. The largest absolute Gasteiger partial charge is 0.379 e. The Morgan fingerprint density at radius 2 is 2.00 bits per heavy atom. The topological polar surface area (TPSA) is 40.2 Å². The molecule has 2 N–H and O–H groups in total. The van der Waals surface area contributed by atoms with E-state index < -0.39 is 0 Å². The van der Waals surface area contributed by atoms with E-state index in [0.717, 1.165) is 19.4 Å². The first-order chi connectivity index (χ1) is 9.07. The van der Waals surface area contributed by atoms with E-state index >= 15 is 0 Å². The van der Waals surface area contributed by atoms with Crippen LogP contribution in [0.5, 0.6) is 0 Å². The highest BCUT2D eigenvalue weighted by Gasteiger charge is 2.17. The minimum absolute atomic E-state index is 0.0839. The van der Waals surface area contributed by atoms with Crippen LogP contribution in [0.25, 0.3) is 10.9 Å². The predicted molar refractivity (Wildman–Crippen MR) is 80.4 cm³/mol. The van der Waals surface area contributed by atoms with E-state index in [1.54, 1.807) is 7.11 Å². The van der Waals surface area contributed by atoms with Crippen LogP contribution in [0.1, 0.15) is 25.8 Å². The fraction of sp³-hybridized carbons (Fsp3) is 0.500. The molecule has 3 nitrogen and oxygen atoms in total. The molecule has 104 valence electrons. The molecular formula is C16H24N2O. The van der Waals surface area contributed by atoms with Crippen LogP contribution >= 0.6 is 0 Å². The van der Waals surface area contributed by atoms with Crippen LogP contribution in [0.4, 0.5) is 0 Å². The van der Waals surface area contributed by atoms with Gasteiger partial charge in [0.15, 0.2) is 0 Å². The lowest BCUT2D eigenvalue weighted by Crippen LogP contribution is -2.24. The molecule has 0 bridgehead atoms. The third kappa shape index (κ3) is 3.17. The van der Waals surface area contributed by atoms with E-state index in [2.05, 4.69) is 48.9 Å². The Balaban J connectivity index is 2.28. The summed E-state index contributed by atoms with van der Waals surface area (Å²) in [6.07, 6.45) is 4.16. The zero-order valence-corrected chi connectivity index (χ0v) is 12.1. The normalized spacial score (nSPS) is 12.2. The van der Waals surface area contributed by atoms with Gasteiger partial charge in [-0.3, -0.25) is 0 Å². The van der Waals surface area contributed by atoms with Crippen molar-refractivity contribution in [1.82, 2.24) is 4.57 Å². The van der Waals surface area contributed by atoms with E-state index in [9.17, 15) is 0 Å². The molecule has 0 amide bonds. The molecule has 0 aliphatic heterocycles. The molecule has 1 aromatic carbocycles. The molecule has 0 aliphatic carbocycles. The lowest BCUT2D eigenvalue weighted by atomic mass is 10.1. The fourth-order valence-corrected chi connectivity index (χ4v) is 2.35. The van der Waals surface area contributed by atoms with E-state index in [1.807, 2.05) is 0 Å². The maximum atomic E-state index is 5.70. The number of hydrogen-bond acceptors (Lipinski definition) is 2. The summed E-state index contributed by atoms with van der Waals surface area (Å²) in [5.74, 6) is 0. The Hall–Kier alpha value is -1.32. The van der Waals surface area contributed by atoms with Gasteiger partial charge in [0.2, 0.25) is 0 Å². The molecule has 3 heteroatoms. The van der Waals surface area contributed by atoms with Crippen molar-refractivity contribution in [3.63, 3.8) is 0 Å². The van der Waals surface area contributed by atoms with Gasteiger partial charge in [-0.15, -0.1) is 0 Å². The van der Waals surface area contributed by atoms with Crippen molar-refractivity contribution in [2.45, 2.75) is 38.8 Å². The van der Waals surface area contributed by atoms with Crippen LogP contribution in [-0.2, 0) is 17.7 Å². The van der Waals surface area contributed by atoms with Crippen molar-refractivity contribution in [2.24, 2.45) is 5.73 Å². The molecule has 19 heavy (non-hydrogen) atoms. The molecule has 0 saturated heterocycles. The number of nitrogens with zero attached hydrogens (tertiary/aromatic N) is 1. The zero-order chi connectivity index (χ0) is 13.9. The lowest BCUT2D eigenvalue weighted by Gasteiger charge is -2.23. The first kappa shape index (κ1) is 14.1. The lowest BCUT2D eigenvalue weighted by molar-refractivity contribution is 0.0123. The van der Waals surface area contributed by atoms with Gasteiger partial charge in [0.1, 0.15) is 0 Å². The van der Waals surface area contributed by atoms with Gasteiger partial charge >= 0.3 is 0 Å². The van der Waals surface area contributed by atoms with Gasteiger partial charge in [0, 0.05) is 30.8 Å². The highest BCUT2D eigenvalue weighted by molar-refractivity contribution is 5.84. The maximum absolute atomic E-state index is 5.70. The number of methoxy groups -OCH3 is 1. The monoisotopic (exact) mass is 260 g/mol. The number of fused-ring (bicyclic) bond motifs is 1. The molecule has 2 aromatic rings. The zero-order valence-electron chi connectivity index (χ0n) is 12.1. The fourth-order valence-electron chi connectivity index (χ4n) is 2.35. The van der Waals surface area contributed by atoms with E-state index in [0.29, 0.717) is 6.54 Å². The summed E-state index contributed by atoms with van der Waals surface area (Å²) in [6.45, 7) is 5.91. The standard InChI is InChI=1S/C16H24N2O/c1-16(2,19-3)9-11-18-12-13(8-10-17)14-6-4-5-7-15(14)18/h4-7,12H,8-11,17H2,1-3H3. The number of para-hydroxylation sites is 1. The smallest absolute Gasteiger partial charge is 0.0639 e. The van der Waals surface area contributed by atoms with Gasteiger partial charge < -0.3 is 15.0 Å². The van der Waals surface area contributed by atoms with Crippen LogP contribution < -0.4 is 5.73 Å². The molecule has 0 unspecified atom stereocenters. The maximum Gasteiger partial charge on any atom is 0.0639 e. The molecule has 1 aromatic heterocycles. The van der Waals surface area contributed by atoms with Gasteiger partial charge in [-0.1, -0.05) is 18.2 Å². The number of ether oxygens (including phenoxy) is 1. The number of aromatic nitrogens is 1. The van der Waals surface area contributed by atoms with Gasteiger partial charge in [0.05, 0.1) is 5.60 Å². The van der Waals surface area contributed by atoms with Crippen LogP contribution in [-0.4, -0.2) is 23.8 Å². The summed E-state index contributed by atoms with van der Waals surface area (Å²) in [6, 6.07) is 8.53. The molecule has 1 heterocycles. The van der Waals surface area contributed by atoms with Gasteiger partial charge in [-0.05, 0) is 44.9 Å². The Bertz CT molecular complexity index is 543. The van der Waals surface area contributed by atoms with Crippen molar-refractivity contribution in [1.29, 1.82) is 0 Å². The Kier molecular flexibility index (Phi) is 4.27. The summed E-state index contributed by atoms with van der Waals surface area (Å²) in [4.78, 5) is 0. The molecule has 2 rings (SSSR count). The third-order valence-electron chi connectivity index (χ3n) is 3.79. The minimum atomic E-state index is -0.0839. The van der Waals surface area contributed by atoms with Crippen molar-refractivity contribution in [3.8, 4) is 0 Å². The second-order valence-electron chi connectivity index (χ2n) is 5.62. The summed E-state index contributed by atoms with van der Waals surface area (Å²) in [5, 5.41) is 1.32. The molecule has 0 atom stereocenters. The molecule has 0 fully saturated rings. The molecule has 0 radical (unpaired) electrons. The van der Waals surface area contributed by atoms with Crippen LogP contribution in [0, 0.1) is 0 Å². The second kappa shape index (κ2) is 5.76. The molecular weight excluding hydrogens is 236 g/mol. The summed E-state index contributed by atoms with van der Waals surface area (Å²) in [5.41, 5.74) is 8.24. The Morgan fingerprint density at radius 3 is 2.68 bits per heavy atom. The predicted octanol–water partition coefficient (Wildman–Crippen LogP) is 2.96. The summed E-state index contributed by atoms with van der Waals surface area (Å²) < 4.78 is 7.81. The molecule has 0 saturated carbocycles. The van der Waals surface area contributed by atoms with E-state index in [1.165, 1.54) is 16.5 Å². The number of benzene rings is 1. The highest BCUT2D eigenvalue weighted by Crippen LogP contribution is 2.23. The van der Waals surface area contributed by atoms with Gasteiger partial charge in [-0.2, -0.15) is 0 Å². The van der Waals surface area contributed by atoms with Crippen LogP contribution in [0.3, 0.4) is 0 Å². The van der Waals surface area contributed by atoms with Crippen molar-refractivity contribution < 1.29 is 4.74 Å². The number of nitrogens with two attached hydrogens (primary N) is 1. The van der Waals surface area contributed by atoms with Crippen LogP contribution in [0.15, 0.2) is 30.5 Å². The van der Waals surface area contributed by atoms with Gasteiger partial charge in [-0.25, -0.2) is 0 Å². The quantitative estimate of drug-likeness (QED) is 0.867. The SMILES string of the molecule is COC(C)(C)CCn1cc(CCN)c2ccccc21. The van der Waals surface area contributed by atoms with Crippen molar-refractivity contribution in [3.05, 3.63) is 36.0 Å². The highest BCUT2D eigenvalue weighted by atomic mass is 16.5. The molecule has 0 aliphatic rings. The first-order valence-corrected chi connectivity index (χ1v) is 6.89. The minimum Gasteiger partial charge on any atom is -0.379 e. The average Bonchev–Trinajstić information content (AvgIpc) is 2.76. The number of hydrogen-bond donors (Lipinski definition) is 1. The Labute approximate surface area is 115 Å². The van der Waals surface area contributed by atoms with Crippen molar-refractivity contribution >= 4 is 10.9 Å². The third-order valence-corrected chi connectivity index (χ3v) is 3.79. The molecule has 0 spiro atoms. The Morgan fingerprint density at radius 1 is 1.26 bits per heavy atom. The van der Waals surface area contributed by atoms with Gasteiger partial charge in [0.25, 0.3) is 0 Å². The second-order valence-corrected chi connectivity index (χ2v) is 5.62. The van der Waals surface area contributed by atoms with E-state index in [-0.39, 0.29) is 5.60 Å². The first-order valence-electron chi connectivity index (χ1n) is 6.89. The average molecular weight is 260 g/mol. The number of rotatable bonds is 6.